The number of anilines is 1. The summed E-state index contributed by atoms with van der Waals surface area (Å²) in [5.41, 5.74) is 2.29. The first-order chi connectivity index (χ1) is 14.2. The van der Waals surface area contributed by atoms with Crippen molar-refractivity contribution in [2.75, 3.05) is 24.8 Å². The van der Waals surface area contributed by atoms with Crippen molar-refractivity contribution in [2.45, 2.75) is 38.5 Å². The van der Waals surface area contributed by atoms with Gasteiger partial charge in [0, 0.05) is 24.5 Å². The molecular weight excluding hydrogens is 406 g/mol. The SMILES string of the molecule is Cl.O=C1CCC2=C([C@H]3CCCNC3)ON(c3c(O)cccc3OCC3CC3)C=C2N1. The molecule has 1 atom stereocenters. The molecule has 3 heterocycles. The fourth-order valence-corrected chi connectivity index (χ4v) is 4.18. The molecule has 8 heteroatoms. The monoisotopic (exact) mass is 433 g/mol. The van der Waals surface area contributed by atoms with Gasteiger partial charge in [0.2, 0.25) is 5.91 Å². The van der Waals surface area contributed by atoms with Gasteiger partial charge >= 0.3 is 0 Å². The van der Waals surface area contributed by atoms with E-state index in [1.165, 1.54) is 12.8 Å². The summed E-state index contributed by atoms with van der Waals surface area (Å²) >= 11 is 0. The minimum absolute atomic E-state index is 0. The van der Waals surface area contributed by atoms with Crippen LogP contribution in [0.15, 0.2) is 41.4 Å². The predicted molar refractivity (Wildman–Crippen MR) is 115 cm³/mol. The van der Waals surface area contributed by atoms with E-state index in [4.69, 9.17) is 9.57 Å². The lowest BCUT2D eigenvalue weighted by Gasteiger charge is -2.37. The minimum Gasteiger partial charge on any atom is -0.505 e. The predicted octanol–water partition coefficient (Wildman–Crippen LogP) is 3.36. The summed E-state index contributed by atoms with van der Waals surface area (Å²) in [5.74, 6) is 2.39. The lowest BCUT2D eigenvalue weighted by molar-refractivity contribution is -0.120. The zero-order valence-electron chi connectivity index (χ0n) is 16.9. The number of rotatable bonds is 5. The number of para-hydroxylation sites is 1. The van der Waals surface area contributed by atoms with Gasteiger partial charge < -0.3 is 25.3 Å². The quantitative estimate of drug-likeness (QED) is 0.660. The van der Waals surface area contributed by atoms with Crippen LogP contribution in [0.3, 0.4) is 0 Å². The number of nitrogens with one attached hydrogen (secondary N) is 2. The highest BCUT2D eigenvalue weighted by atomic mass is 35.5. The number of fused-ring (bicyclic) bond motifs is 1. The molecule has 1 aromatic rings. The molecule has 3 fully saturated rings. The van der Waals surface area contributed by atoms with E-state index in [1.807, 2.05) is 6.07 Å². The normalized spacial score (nSPS) is 23.6. The number of halogens is 1. The number of carbonyl (C=O) groups is 1. The van der Waals surface area contributed by atoms with Crippen molar-refractivity contribution in [3.8, 4) is 11.5 Å². The molecular formula is C22H28ClN3O4. The van der Waals surface area contributed by atoms with Crippen molar-refractivity contribution >= 4 is 24.0 Å². The topological polar surface area (TPSA) is 83.1 Å². The molecule has 0 bridgehead atoms. The molecule has 1 aromatic carbocycles. The summed E-state index contributed by atoms with van der Waals surface area (Å²) < 4.78 is 6.01. The van der Waals surface area contributed by atoms with Crippen molar-refractivity contribution in [1.82, 2.24) is 10.6 Å². The largest absolute Gasteiger partial charge is 0.505 e. The van der Waals surface area contributed by atoms with E-state index in [-0.39, 0.29) is 30.0 Å². The molecule has 0 spiro atoms. The number of ether oxygens (including phenoxy) is 1. The van der Waals surface area contributed by atoms with Crippen LogP contribution in [0.25, 0.3) is 0 Å². The zero-order valence-corrected chi connectivity index (χ0v) is 17.7. The standard InChI is InChI=1S/C22H27N3O4.ClH/c26-18-4-1-5-19(28-13-14-6-7-14)21(18)25-12-17-16(8-9-20(27)24-17)22(29-25)15-3-2-10-23-11-15;/h1,4-5,12,14-15,23,26H,2-3,6-11,13H2,(H,24,27);1H/t15-;/m0./s1. The molecule has 0 aromatic heterocycles. The molecule has 7 nitrogen and oxygen atoms in total. The van der Waals surface area contributed by atoms with Crippen LogP contribution >= 0.6 is 12.4 Å². The number of nitrogens with zero attached hydrogens (tertiary/aromatic N) is 1. The molecule has 4 aliphatic rings. The summed E-state index contributed by atoms with van der Waals surface area (Å²) in [7, 11) is 0. The Morgan fingerprint density at radius 2 is 2.10 bits per heavy atom. The molecule has 3 aliphatic heterocycles. The van der Waals surface area contributed by atoms with Gasteiger partial charge in [-0.3, -0.25) is 4.79 Å². The summed E-state index contributed by atoms with van der Waals surface area (Å²) in [5, 5.41) is 18.6. The highest BCUT2D eigenvalue weighted by Crippen LogP contribution is 2.43. The number of hydroxylamine groups is 1. The number of piperidine rings is 2. The number of benzene rings is 1. The number of hydrogen-bond acceptors (Lipinski definition) is 6. The molecule has 5 rings (SSSR count). The molecule has 1 saturated carbocycles. The van der Waals surface area contributed by atoms with E-state index < -0.39 is 0 Å². The van der Waals surface area contributed by atoms with Gasteiger partial charge in [0.15, 0.2) is 5.69 Å². The maximum atomic E-state index is 12.0. The number of aromatic hydroxyl groups is 1. The lowest BCUT2D eigenvalue weighted by Crippen LogP contribution is -2.39. The van der Waals surface area contributed by atoms with Gasteiger partial charge in [-0.05, 0) is 56.7 Å². The van der Waals surface area contributed by atoms with Crippen LogP contribution in [0.5, 0.6) is 11.5 Å². The van der Waals surface area contributed by atoms with E-state index in [0.29, 0.717) is 36.8 Å². The third-order valence-corrected chi connectivity index (χ3v) is 5.98. The van der Waals surface area contributed by atoms with E-state index in [0.717, 1.165) is 43.0 Å². The molecule has 0 unspecified atom stereocenters. The van der Waals surface area contributed by atoms with Gasteiger partial charge in [0.25, 0.3) is 0 Å². The Bertz CT molecular complexity index is 875. The number of amides is 1. The van der Waals surface area contributed by atoms with Crippen LogP contribution in [-0.4, -0.2) is 30.7 Å². The average Bonchev–Trinajstić information content (AvgIpc) is 3.56. The second-order valence-electron chi connectivity index (χ2n) is 8.27. The number of carbonyl (C=O) groups excluding carboxylic acids is 1. The van der Waals surface area contributed by atoms with Crippen molar-refractivity contribution < 1.29 is 19.5 Å². The summed E-state index contributed by atoms with van der Waals surface area (Å²) in [6, 6.07) is 5.25. The maximum Gasteiger partial charge on any atom is 0.224 e. The van der Waals surface area contributed by atoms with Crippen LogP contribution in [-0.2, 0) is 9.63 Å². The molecule has 0 radical (unpaired) electrons. The Morgan fingerprint density at radius 1 is 1.23 bits per heavy atom. The van der Waals surface area contributed by atoms with E-state index in [1.54, 1.807) is 23.4 Å². The van der Waals surface area contributed by atoms with Crippen LogP contribution in [0, 0.1) is 11.8 Å². The van der Waals surface area contributed by atoms with Crippen molar-refractivity contribution in [1.29, 1.82) is 0 Å². The Labute approximate surface area is 182 Å². The van der Waals surface area contributed by atoms with Gasteiger partial charge in [0.05, 0.1) is 18.5 Å². The van der Waals surface area contributed by atoms with Crippen LogP contribution < -0.4 is 20.4 Å². The number of allylic oxidation sites excluding steroid dienone is 1. The fourth-order valence-electron chi connectivity index (χ4n) is 4.18. The van der Waals surface area contributed by atoms with E-state index >= 15 is 0 Å². The molecule has 30 heavy (non-hydrogen) atoms. The summed E-state index contributed by atoms with van der Waals surface area (Å²) in [6.07, 6.45) is 7.39. The third-order valence-electron chi connectivity index (χ3n) is 5.98. The first kappa shape index (κ1) is 20.9. The molecule has 2 saturated heterocycles. The van der Waals surface area contributed by atoms with E-state index in [2.05, 4.69) is 10.6 Å². The summed E-state index contributed by atoms with van der Waals surface area (Å²) in [6.45, 7) is 2.50. The maximum absolute atomic E-state index is 12.0. The number of phenols is 1. The lowest BCUT2D eigenvalue weighted by atomic mass is 9.90. The molecule has 1 aliphatic carbocycles. The average molecular weight is 434 g/mol. The van der Waals surface area contributed by atoms with Gasteiger partial charge in [-0.25, -0.2) is 0 Å². The fraction of sp³-hybridized carbons (Fsp3) is 0.500. The Hall–Kier alpha value is -2.38. The third kappa shape index (κ3) is 4.23. The van der Waals surface area contributed by atoms with Crippen LogP contribution in [0.1, 0.15) is 38.5 Å². The van der Waals surface area contributed by atoms with Crippen molar-refractivity contribution in [3.05, 3.63) is 41.4 Å². The van der Waals surface area contributed by atoms with Crippen LogP contribution in [0.2, 0.25) is 0 Å². The second kappa shape index (κ2) is 8.78. The first-order valence-corrected chi connectivity index (χ1v) is 10.6. The highest BCUT2D eigenvalue weighted by Gasteiger charge is 2.34. The smallest absolute Gasteiger partial charge is 0.224 e. The number of phenolic OH excluding ortho intramolecular Hbond substituents is 1. The Kier molecular flexibility index (Phi) is 6.11. The molecule has 3 N–H and O–H groups in total. The van der Waals surface area contributed by atoms with Gasteiger partial charge in [-0.2, -0.15) is 5.06 Å². The van der Waals surface area contributed by atoms with Crippen molar-refractivity contribution in [2.24, 2.45) is 11.8 Å². The Balaban J connectivity index is 0.00000218. The molecule has 162 valence electrons. The van der Waals surface area contributed by atoms with Crippen LogP contribution in [0.4, 0.5) is 5.69 Å². The highest BCUT2D eigenvalue weighted by molar-refractivity contribution is 5.85. The first-order valence-electron chi connectivity index (χ1n) is 10.6. The minimum atomic E-state index is 0. The van der Waals surface area contributed by atoms with Gasteiger partial charge in [0.1, 0.15) is 17.3 Å². The number of hydrogen-bond donors (Lipinski definition) is 3. The van der Waals surface area contributed by atoms with E-state index in [9.17, 15) is 9.90 Å². The van der Waals surface area contributed by atoms with Gasteiger partial charge in [-0.1, -0.05) is 6.07 Å². The van der Waals surface area contributed by atoms with Gasteiger partial charge in [-0.15, -0.1) is 12.4 Å². The second-order valence-corrected chi connectivity index (χ2v) is 8.27. The molecule has 1 amide bonds. The Morgan fingerprint density at radius 3 is 2.87 bits per heavy atom. The zero-order chi connectivity index (χ0) is 19.8. The van der Waals surface area contributed by atoms with Crippen molar-refractivity contribution in [3.63, 3.8) is 0 Å². The summed E-state index contributed by atoms with van der Waals surface area (Å²) in [4.78, 5) is 18.4.